The van der Waals surface area contributed by atoms with Crippen LogP contribution < -0.4 is 0 Å². The highest BCUT2D eigenvalue weighted by molar-refractivity contribution is 6.08. The van der Waals surface area contributed by atoms with Crippen LogP contribution in [0.2, 0.25) is 0 Å². The maximum atomic E-state index is 13.0. The van der Waals surface area contributed by atoms with Crippen molar-refractivity contribution in [3.8, 4) is 0 Å². The van der Waals surface area contributed by atoms with Crippen molar-refractivity contribution < 1.29 is 9.32 Å². The van der Waals surface area contributed by atoms with Gasteiger partial charge in [0.1, 0.15) is 0 Å². The molecule has 0 saturated carbocycles. The number of carbonyl (C=O) groups excluding carboxylic acids is 1. The van der Waals surface area contributed by atoms with Gasteiger partial charge in [-0.1, -0.05) is 23.4 Å². The second kappa shape index (κ2) is 5.78. The molecular weight excluding hydrogens is 304 g/mol. The lowest BCUT2D eigenvalue weighted by atomic mass is 9.96. The Morgan fingerprint density at radius 2 is 2.00 bits per heavy atom. The van der Waals surface area contributed by atoms with Crippen LogP contribution >= 0.6 is 0 Å². The number of rotatable bonds is 2. The molecule has 0 radical (unpaired) electrons. The SMILES string of the molecule is Cc1noc(C2CCN(C(=O)c3c(C)[nH]c4ccccc34)CC2)n1. The number of aryl methyl sites for hydroxylation is 2. The highest BCUT2D eigenvalue weighted by Crippen LogP contribution is 2.29. The number of benzene rings is 1. The predicted molar refractivity (Wildman–Crippen MR) is 89.9 cm³/mol. The zero-order valence-electron chi connectivity index (χ0n) is 13.9. The molecule has 0 aliphatic carbocycles. The molecule has 1 N–H and O–H groups in total. The second-order valence-corrected chi connectivity index (χ2v) is 6.42. The third kappa shape index (κ3) is 2.48. The fourth-order valence-corrected chi connectivity index (χ4v) is 3.52. The Bertz CT molecular complexity index is 887. The van der Waals surface area contributed by atoms with Crippen molar-refractivity contribution in [2.75, 3.05) is 13.1 Å². The van der Waals surface area contributed by atoms with E-state index in [1.807, 2.05) is 43.0 Å². The van der Waals surface area contributed by atoms with Crippen LogP contribution in [0.4, 0.5) is 0 Å². The molecule has 3 heterocycles. The Balaban J connectivity index is 1.53. The molecule has 1 amide bonds. The van der Waals surface area contributed by atoms with Crippen molar-refractivity contribution in [3.63, 3.8) is 0 Å². The molecule has 6 heteroatoms. The molecule has 1 aliphatic rings. The highest BCUT2D eigenvalue weighted by Gasteiger charge is 2.29. The maximum absolute atomic E-state index is 13.0. The molecule has 6 nitrogen and oxygen atoms in total. The predicted octanol–water partition coefficient (Wildman–Crippen LogP) is 3.19. The molecule has 0 atom stereocenters. The summed E-state index contributed by atoms with van der Waals surface area (Å²) in [6, 6.07) is 7.95. The number of H-pyrrole nitrogens is 1. The molecule has 1 aromatic carbocycles. The molecule has 0 unspecified atom stereocenters. The summed E-state index contributed by atoms with van der Waals surface area (Å²) in [5, 5.41) is 4.86. The topological polar surface area (TPSA) is 75.0 Å². The molecule has 24 heavy (non-hydrogen) atoms. The summed E-state index contributed by atoms with van der Waals surface area (Å²) < 4.78 is 5.28. The van der Waals surface area contributed by atoms with E-state index in [1.165, 1.54) is 0 Å². The van der Waals surface area contributed by atoms with E-state index in [-0.39, 0.29) is 11.8 Å². The van der Waals surface area contributed by atoms with E-state index in [4.69, 9.17) is 4.52 Å². The first kappa shape index (κ1) is 14.9. The molecule has 4 rings (SSSR count). The van der Waals surface area contributed by atoms with Crippen LogP contribution in [0, 0.1) is 13.8 Å². The lowest BCUT2D eigenvalue weighted by Gasteiger charge is -2.30. The van der Waals surface area contributed by atoms with Gasteiger partial charge < -0.3 is 14.4 Å². The van der Waals surface area contributed by atoms with Crippen LogP contribution in [0.3, 0.4) is 0 Å². The summed E-state index contributed by atoms with van der Waals surface area (Å²) in [6.45, 7) is 5.21. The van der Waals surface area contributed by atoms with E-state index in [0.29, 0.717) is 24.8 Å². The summed E-state index contributed by atoms with van der Waals surface area (Å²) in [4.78, 5) is 22.6. The van der Waals surface area contributed by atoms with Crippen LogP contribution in [-0.4, -0.2) is 39.0 Å². The first-order valence-electron chi connectivity index (χ1n) is 8.30. The smallest absolute Gasteiger partial charge is 0.256 e. The summed E-state index contributed by atoms with van der Waals surface area (Å²) in [6.07, 6.45) is 1.71. The van der Waals surface area contributed by atoms with Crippen LogP contribution in [0.15, 0.2) is 28.8 Å². The number of hydrogen-bond acceptors (Lipinski definition) is 4. The van der Waals surface area contributed by atoms with Crippen LogP contribution in [0.25, 0.3) is 10.9 Å². The van der Waals surface area contributed by atoms with Gasteiger partial charge in [-0.05, 0) is 32.8 Å². The quantitative estimate of drug-likeness (QED) is 0.785. The van der Waals surface area contributed by atoms with Gasteiger partial charge in [-0.3, -0.25) is 4.79 Å². The van der Waals surface area contributed by atoms with E-state index in [1.54, 1.807) is 0 Å². The molecular formula is C18H20N4O2. The average Bonchev–Trinajstić information content (AvgIpc) is 3.17. The molecule has 1 saturated heterocycles. The molecule has 124 valence electrons. The Labute approximate surface area is 139 Å². The Morgan fingerprint density at radius 3 is 2.71 bits per heavy atom. The molecule has 3 aromatic rings. The number of nitrogens with one attached hydrogen (secondary N) is 1. The van der Waals surface area contributed by atoms with Crippen molar-refractivity contribution >= 4 is 16.8 Å². The standard InChI is InChI=1S/C18H20N4O2/c1-11-16(14-5-3-4-6-15(14)19-11)18(23)22-9-7-13(8-10-22)17-20-12(2)21-24-17/h3-6,13,19H,7-10H2,1-2H3. The zero-order valence-corrected chi connectivity index (χ0v) is 13.9. The van der Waals surface area contributed by atoms with Gasteiger partial charge >= 0.3 is 0 Å². The van der Waals surface area contributed by atoms with E-state index in [0.717, 1.165) is 35.0 Å². The number of carbonyl (C=O) groups is 1. The minimum atomic E-state index is 0.102. The summed E-state index contributed by atoms with van der Waals surface area (Å²) >= 11 is 0. The minimum Gasteiger partial charge on any atom is -0.358 e. The van der Waals surface area contributed by atoms with E-state index >= 15 is 0 Å². The van der Waals surface area contributed by atoms with E-state index in [2.05, 4.69) is 15.1 Å². The minimum absolute atomic E-state index is 0.102. The number of likely N-dealkylation sites (tertiary alicyclic amines) is 1. The molecule has 0 spiro atoms. The molecule has 0 bridgehead atoms. The Morgan fingerprint density at radius 1 is 1.25 bits per heavy atom. The monoisotopic (exact) mass is 324 g/mol. The zero-order chi connectivity index (χ0) is 16.7. The fraction of sp³-hybridized carbons (Fsp3) is 0.389. The lowest BCUT2D eigenvalue weighted by Crippen LogP contribution is -2.38. The number of para-hydroxylation sites is 1. The van der Waals surface area contributed by atoms with Gasteiger partial charge in [-0.2, -0.15) is 4.98 Å². The summed E-state index contributed by atoms with van der Waals surface area (Å²) in [5.74, 6) is 1.71. The van der Waals surface area contributed by atoms with E-state index < -0.39 is 0 Å². The number of hydrogen-bond donors (Lipinski definition) is 1. The van der Waals surface area contributed by atoms with Crippen LogP contribution in [-0.2, 0) is 0 Å². The van der Waals surface area contributed by atoms with Crippen molar-refractivity contribution in [3.05, 3.63) is 47.2 Å². The fourth-order valence-electron chi connectivity index (χ4n) is 3.52. The van der Waals surface area contributed by atoms with Gasteiger partial charge in [-0.25, -0.2) is 0 Å². The van der Waals surface area contributed by atoms with Crippen molar-refractivity contribution in [2.24, 2.45) is 0 Å². The number of amides is 1. The van der Waals surface area contributed by atoms with Gasteiger partial charge in [0, 0.05) is 35.6 Å². The van der Waals surface area contributed by atoms with Crippen molar-refractivity contribution in [2.45, 2.75) is 32.6 Å². The number of fused-ring (bicyclic) bond motifs is 1. The lowest BCUT2D eigenvalue weighted by molar-refractivity contribution is 0.0706. The van der Waals surface area contributed by atoms with Crippen LogP contribution in [0.1, 0.15) is 46.5 Å². The Kier molecular flexibility index (Phi) is 3.59. The van der Waals surface area contributed by atoms with Gasteiger partial charge in [0.25, 0.3) is 5.91 Å². The van der Waals surface area contributed by atoms with Gasteiger partial charge in [0.2, 0.25) is 5.89 Å². The second-order valence-electron chi connectivity index (χ2n) is 6.42. The molecule has 1 fully saturated rings. The van der Waals surface area contributed by atoms with Crippen LogP contribution in [0.5, 0.6) is 0 Å². The van der Waals surface area contributed by atoms with Crippen molar-refractivity contribution in [1.82, 2.24) is 20.0 Å². The van der Waals surface area contributed by atoms with Gasteiger partial charge in [0.15, 0.2) is 5.82 Å². The van der Waals surface area contributed by atoms with Gasteiger partial charge in [0.05, 0.1) is 5.56 Å². The van der Waals surface area contributed by atoms with Gasteiger partial charge in [-0.15, -0.1) is 0 Å². The molecule has 1 aliphatic heterocycles. The summed E-state index contributed by atoms with van der Waals surface area (Å²) in [7, 11) is 0. The maximum Gasteiger partial charge on any atom is 0.256 e. The largest absolute Gasteiger partial charge is 0.358 e. The first-order valence-corrected chi connectivity index (χ1v) is 8.30. The van der Waals surface area contributed by atoms with Crippen molar-refractivity contribution in [1.29, 1.82) is 0 Å². The first-order chi connectivity index (χ1) is 11.6. The number of aromatic amines is 1. The summed E-state index contributed by atoms with van der Waals surface area (Å²) in [5.41, 5.74) is 2.73. The normalized spacial score (nSPS) is 16.0. The average molecular weight is 324 g/mol. The van der Waals surface area contributed by atoms with E-state index in [9.17, 15) is 4.79 Å². The molecule has 2 aromatic heterocycles. The third-order valence-electron chi connectivity index (χ3n) is 4.78. The highest BCUT2D eigenvalue weighted by atomic mass is 16.5. The number of aromatic nitrogens is 3. The third-order valence-corrected chi connectivity index (χ3v) is 4.78. The Hall–Kier alpha value is -2.63. The number of piperidine rings is 1. The number of nitrogens with zero attached hydrogens (tertiary/aromatic N) is 3.